The highest BCUT2D eigenvalue weighted by Crippen LogP contribution is 2.39. The Kier molecular flexibility index (Phi) is 3.42. The molecule has 1 atom stereocenters. The van der Waals surface area contributed by atoms with Gasteiger partial charge < -0.3 is 10.2 Å². The molecular weight excluding hydrogens is 244 g/mol. The van der Waals surface area contributed by atoms with Gasteiger partial charge in [0.05, 0.1) is 11.0 Å². The third-order valence-electron chi connectivity index (χ3n) is 3.84. The zero-order valence-electron chi connectivity index (χ0n) is 10.6. The Balaban J connectivity index is 2.36. The van der Waals surface area contributed by atoms with Gasteiger partial charge in [-0.25, -0.2) is 4.79 Å². The van der Waals surface area contributed by atoms with Crippen LogP contribution < -0.4 is 0 Å². The number of aliphatic carboxylic acids is 1. The number of carboxylic acid groups (broad SMARTS) is 2. The van der Waals surface area contributed by atoms with E-state index in [4.69, 9.17) is 5.11 Å². The number of rotatable bonds is 4. The Labute approximate surface area is 111 Å². The molecule has 4 nitrogen and oxygen atoms in total. The number of benzene rings is 1. The van der Waals surface area contributed by atoms with Crippen molar-refractivity contribution < 1.29 is 19.8 Å². The molecule has 1 aromatic carbocycles. The van der Waals surface area contributed by atoms with Gasteiger partial charge in [-0.15, -0.1) is 6.58 Å². The minimum Gasteiger partial charge on any atom is -0.481 e. The minimum absolute atomic E-state index is 0.255. The number of fused-ring (bicyclic) bond motifs is 1. The summed E-state index contributed by atoms with van der Waals surface area (Å²) in [6.07, 6.45) is 3.62. The summed E-state index contributed by atoms with van der Waals surface area (Å²) in [5.74, 6) is -1.76. The standard InChI is InChI=1S/C15H16O4/c1-2-6-15(14(18)19)7-5-10-8-11(13(16)17)3-4-12(10)9-15/h2-4,8H,1,5-7,9H2,(H,16,17)(H,18,19). The molecule has 0 radical (unpaired) electrons. The highest BCUT2D eigenvalue weighted by Gasteiger charge is 2.40. The van der Waals surface area contributed by atoms with Crippen molar-refractivity contribution in [3.63, 3.8) is 0 Å². The SMILES string of the molecule is C=CCC1(C(=O)O)CCc2cc(C(=O)O)ccc2C1. The van der Waals surface area contributed by atoms with Gasteiger partial charge in [-0.3, -0.25) is 4.79 Å². The summed E-state index contributed by atoms with van der Waals surface area (Å²) in [7, 11) is 0. The lowest BCUT2D eigenvalue weighted by molar-refractivity contribution is -0.149. The van der Waals surface area contributed by atoms with E-state index in [0.717, 1.165) is 11.1 Å². The van der Waals surface area contributed by atoms with Gasteiger partial charge in [0.15, 0.2) is 0 Å². The second-order valence-electron chi connectivity index (χ2n) is 5.04. The summed E-state index contributed by atoms with van der Waals surface area (Å²) in [6.45, 7) is 3.63. The van der Waals surface area contributed by atoms with Crippen LogP contribution in [0, 0.1) is 5.41 Å². The van der Waals surface area contributed by atoms with E-state index in [1.54, 1.807) is 18.2 Å². The lowest BCUT2D eigenvalue weighted by Crippen LogP contribution is -2.36. The van der Waals surface area contributed by atoms with Crippen LogP contribution in [0.5, 0.6) is 0 Å². The lowest BCUT2D eigenvalue weighted by atomic mass is 9.69. The molecule has 0 fully saturated rings. The Morgan fingerprint density at radius 1 is 1.32 bits per heavy atom. The fourth-order valence-electron chi connectivity index (χ4n) is 2.71. The van der Waals surface area contributed by atoms with Crippen LogP contribution >= 0.6 is 0 Å². The van der Waals surface area contributed by atoms with E-state index in [9.17, 15) is 14.7 Å². The van der Waals surface area contributed by atoms with Crippen molar-refractivity contribution in [2.24, 2.45) is 5.41 Å². The summed E-state index contributed by atoms with van der Waals surface area (Å²) in [6, 6.07) is 4.92. The Bertz CT molecular complexity index is 547. The molecule has 0 aromatic heterocycles. The topological polar surface area (TPSA) is 74.6 Å². The average Bonchev–Trinajstić information content (AvgIpc) is 2.38. The molecule has 0 amide bonds. The van der Waals surface area contributed by atoms with Gasteiger partial charge in [-0.2, -0.15) is 0 Å². The Morgan fingerprint density at radius 2 is 2.05 bits per heavy atom. The number of hydrogen-bond acceptors (Lipinski definition) is 2. The van der Waals surface area contributed by atoms with Crippen LogP contribution in [-0.2, 0) is 17.6 Å². The van der Waals surface area contributed by atoms with Gasteiger partial charge >= 0.3 is 11.9 Å². The summed E-state index contributed by atoms with van der Waals surface area (Å²) >= 11 is 0. The molecule has 1 unspecified atom stereocenters. The molecule has 2 rings (SSSR count). The van der Waals surface area contributed by atoms with Gasteiger partial charge in [-0.05, 0) is 48.9 Å². The number of carbonyl (C=O) groups is 2. The second kappa shape index (κ2) is 4.88. The average molecular weight is 260 g/mol. The van der Waals surface area contributed by atoms with Gasteiger partial charge in [0.1, 0.15) is 0 Å². The molecule has 0 heterocycles. The first-order chi connectivity index (χ1) is 8.98. The monoisotopic (exact) mass is 260 g/mol. The van der Waals surface area contributed by atoms with E-state index in [2.05, 4.69) is 6.58 Å². The molecule has 0 bridgehead atoms. The third kappa shape index (κ3) is 2.38. The van der Waals surface area contributed by atoms with E-state index >= 15 is 0 Å². The number of aryl methyl sites for hydroxylation is 1. The van der Waals surface area contributed by atoms with Crippen LogP contribution in [0.1, 0.15) is 34.3 Å². The van der Waals surface area contributed by atoms with E-state index in [1.807, 2.05) is 0 Å². The summed E-state index contributed by atoms with van der Waals surface area (Å²) in [5, 5.41) is 18.4. The van der Waals surface area contributed by atoms with Crippen LogP contribution in [0.4, 0.5) is 0 Å². The van der Waals surface area contributed by atoms with Crippen LogP contribution in [0.3, 0.4) is 0 Å². The normalized spacial score (nSPS) is 21.5. The zero-order chi connectivity index (χ0) is 14.0. The maximum atomic E-state index is 11.5. The van der Waals surface area contributed by atoms with Crippen LogP contribution in [0.2, 0.25) is 0 Å². The van der Waals surface area contributed by atoms with Crippen molar-refractivity contribution in [2.75, 3.05) is 0 Å². The first-order valence-corrected chi connectivity index (χ1v) is 6.18. The molecule has 0 saturated heterocycles. The molecule has 19 heavy (non-hydrogen) atoms. The Hall–Kier alpha value is -2.10. The molecule has 0 saturated carbocycles. The van der Waals surface area contributed by atoms with Crippen molar-refractivity contribution in [3.8, 4) is 0 Å². The van der Waals surface area contributed by atoms with Gasteiger partial charge in [0.25, 0.3) is 0 Å². The molecular formula is C15H16O4. The largest absolute Gasteiger partial charge is 0.481 e. The minimum atomic E-state index is -0.955. The molecule has 4 heteroatoms. The maximum absolute atomic E-state index is 11.5. The molecule has 100 valence electrons. The molecule has 0 aliphatic heterocycles. The predicted molar refractivity (Wildman–Crippen MR) is 70.3 cm³/mol. The smallest absolute Gasteiger partial charge is 0.335 e. The number of carboxylic acids is 2. The number of aromatic carboxylic acids is 1. The summed E-state index contributed by atoms with van der Waals surface area (Å²) in [4.78, 5) is 22.4. The first kappa shape index (κ1) is 13.3. The Morgan fingerprint density at radius 3 is 2.63 bits per heavy atom. The predicted octanol–water partition coefficient (Wildman–Crippen LogP) is 2.52. The highest BCUT2D eigenvalue weighted by atomic mass is 16.4. The summed E-state index contributed by atoms with van der Waals surface area (Å²) in [5.41, 5.74) is 1.34. The van der Waals surface area contributed by atoms with Gasteiger partial charge in [0, 0.05) is 0 Å². The van der Waals surface area contributed by atoms with E-state index in [1.165, 1.54) is 6.07 Å². The molecule has 2 N–H and O–H groups in total. The van der Waals surface area contributed by atoms with Crippen LogP contribution in [-0.4, -0.2) is 22.2 Å². The molecule has 1 aliphatic carbocycles. The fraction of sp³-hybridized carbons (Fsp3) is 0.333. The number of hydrogen-bond donors (Lipinski definition) is 2. The molecule has 1 aromatic rings. The second-order valence-corrected chi connectivity index (χ2v) is 5.04. The third-order valence-corrected chi connectivity index (χ3v) is 3.84. The number of allylic oxidation sites excluding steroid dienone is 1. The van der Waals surface area contributed by atoms with Gasteiger partial charge in [0.2, 0.25) is 0 Å². The van der Waals surface area contributed by atoms with Crippen molar-refractivity contribution in [1.29, 1.82) is 0 Å². The molecule has 0 spiro atoms. The van der Waals surface area contributed by atoms with Crippen molar-refractivity contribution in [2.45, 2.75) is 25.7 Å². The van der Waals surface area contributed by atoms with Crippen molar-refractivity contribution in [3.05, 3.63) is 47.5 Å². The van der Waals surface area contributed by atoms with E-state index in [-0.39, 0.29) is 5.56 Å². The van der Waals surface area contributed by atoms with E-state index in [0.29, 0.717) is 25.7 Å². The van der Waals surface area contributed by atoms with Crippen LogP contribution in [0.15, 0.2) is 30.9 Å². The highest BCUT2D eigenvalue weighted by molar-refractivity contribution is 5.88. The van der Waals surface area contributed by atoms with E-state index < -0.39 is 17.4 Å². The first-order valence-electron chi connectivity index (χ1n) is 6.18. The molecule has 1 aliphatic rings. The zero-order valence-corrected chi connectivity index (χ0v) is 10.6. The maximum Gasteiger partial charge on any atom is 0.335 e. The fourth-order valence-corrected chi connectivity index (χ4v) is 2.71. The lowest BCUT2D eigenvalue weighted by Gasteiger charge is -2.33. The van der Waals surface area contributed by atoms with Crippen molar-refractivity contribution in [1.82, 2.24) is 0 Å². The van der Waals surface area contributed by atoms with Gasteiger partial charge in [-0.1, -0.05) is 12.1 Å². The van der Waals surface area contributed by atoms with Crippen LogP contribution in [0.25, 0.3) is 0 Å². The summed E-state index contributed by atoms with van der Waals surface area (Å²) < 4.78 is 0. The van der Waals surface area contributed by atoms with Crippen molar-refractivity contribution >= 4 is 11.9 Å². The quantitative estimate of drug-likeness (QED) is 0.816.